The Morgan fingerprint density at radius 1 is 1.03 bits per heavy atom. The molecule has 4 rings (SSSR count). The number of esters is 1. The number of hydrazone groups is 1. The summed E-state index contributed by atoms with van der Waals surface area (Å²) < 4.78 is 21.4. The summed E-state index contributed by atoms with van der Waals surface area (Å²) in [7, 11) is 1.33. The number of amides is 1. The summed E-state index contributed by atoms with van der Waals surface area (Å²) in [6.07, 6.45) is 1.39. The molecule has 0 fully saturated rings. The molecule has 8 heteroatoms. The second-order valence-electron chi connectivity index (χ2n) is 6.71. The summed E-state index contributed by atoms with van der Waals surface area (Å²) in [4.78, 5) is 23.9. The maximum Gasteiger partial charge on any atom is 0.337 e. The van der Waals surface area contributed by atoms with Gasteiger partial charge in [-0.1, -0.05) is 12.1 Å². The number of hydrogen-bond donors (Lipinski definition) is 1. The quantitative estimate of drug-likeness (QED) is 0.259. The number of methoxy groups -OCH3 is 1. The maximum absolute atomic E-state index is 12.3. The number of fused-ring (bicyclic) bond motifs is 1. The molecule has 1 amide bonds. The van der Waals surface area contributed by atoms with Crippen molar-refractivity contribution < 1.29 is 27.9 Å². The molecule has 0 aliphatic heterocycles. The number of carbonyl (C=O) groups is 2. The fourth-order valence-corrected chi connectivity index (χ4v) is 3.07. The van der Waals surface area contributed by atoms with Gasteiger partial charge in [-0.15, -0.1) is 0 Å². The van der Waals surface area contributed by atoms with Gasteiger partial charge in [-0.2, -0.15) is 5.10 Å². The van der Waals surface area contributed by atoms with Gasteiger partial charge < -0.3 is 18.3 Å². The molecule has 162 valence electrons. The van der Waals surface area contributed by atoms with Crippen molar-refractivity contribution >= 4 is 29.1 Å². The third-order valence-electron chi connectivity index (χ3n) is 4.60. The number of rotatable bonds is 7. The number of ether oxygens (including phenoxy) is 2. The molecule has 2 aromatic carbocycles. The molecule has 1 N–H and O–H groups in total. The fourth-order valence-electron chi connectivity index (χ4n) is 3.07. The number of carbonyl (C=O) groups excluding carboxylic acids is 2. The third kappa shape index (κ3) is 4.54. The van der Waals surface area contributed by atoms with Crippen molar-refractivity contribution in [3.8, 4) is 17.1 Å². The Morgan fingerprint density at radius 2 is 1.84 bits per heavy atom. The van der Waals surface area contributed by atoms with E-state index >= 15 is 0 Å². The van der Waals surface area contributed by atoms with Crippen molar-refractivity contribution in [1.82, 2.24) is 5.43 Å². The van der Waals surface area contributed by atoms with Crippen molar-refractivity contribution in [1.29, 1.82) is 0 Å². The normalized spacial score (nSPS) is 11.1. The number of furan rings is 2. The van der Waals surface area contributed by atoms with Crippen molar-refractivity contribution in [2.24, 2.45) is 5.10 Å². The summed E-state index contributed by atoms with van der Waals surface area (Å²) in [5.41, 5.74) is 4.24. The third-order valence-corrected chi connectivity index (χ3v) is 4.60. The number of nitrogens with zero attached hydrogens (tertiary/aromatic N) is 1. The van der Waals surface area contributed by atoms with E-state index in [0.717, 1.165) is 10.9 Å². The molecule has 0 aliphatic carbocycles. The van der Waals surface area contributed by atoms with E-state index in [9.17, 15) is 9.59 Å². The lowest BCUT2D eigenvalue weighted by Gasteiger charge is -2.00. The Bertz CT molecular complexity index is 1280. The van der Waals surface area contributed by atoms with Gasteiger partial charge >= 0.3 is 11.9 Å². The van der Waals surface area contributed by atoms with Crippen LogP contribution in [-0.4, -0.2) is 31.8 Å². The molecule has 0 saturated carbocycles. The summed E-state index contributed by atoms with van der Waals surface area (Å²) in [5, 5.41) is 4.69. The maximum atomic E-state index is 12.3. The first-order valence-corrected chi connectivity index (χ1v) is 9.85. The second-order valence-corrected chi connectivity index (χ2v) is 6.71. The van der Waals surface area contributed by atoms with Crippen molar-refractivity contribution in [3.63, 3.8) is 0 Å². The van der Waals surface area contributed by atoms with Crippen LogP contribution in [0.15, 0.2) is 74.6 Å². The molecule has 0 atom stereocenters. The first-order chi connectivity index (χ1) is 15.6. The molecule has 32 heavy (non-hydrogen) atoms. The van der Waals surface area contributed by atoms with Crippen LogP contribution in [0.2, 0.25) is 0 Å². The predicted molar refractivity (Wildman–Crippen MR) is 118 cm³/mol. The Balaban J connectivity index is 1.40. The molecule has 8 nitrogen and oxygen atoms in total. The van der Waals surface area contributed by atoms with E-state index in [4.69, 9.17) is 13.6 Å². The summed E-state index contributed by atoms with van der Waals surface area (Å²) in [5.74, 6) is 0.996. The summed E-state index contributed by atoms with van der Waals surface area (Å²) >= 11 is 0. The van der Waals surface area contributed by atoms with Crippen LogP contribution in [0.4, 0.5) is 0 Å². The molecule has 0 aliphatic rings. The van der Waals surface area contributed by atoms with Gasteiger partial charge in [0.1, 0.15) is 22.9 Å². The second kappa shape index (κ2) is 9.22. The van der Waals surface area contributed by atoms with Crippen LogP contribution >= 0.6 is 0 Å². The van der Waals surface area contributed by atoms with Crippen LogP contribution < -0.4 is 10.2 Å². The average Bonchev–Trinajstić information content (AvgIpc) is 3.46. The molecule has 0 radical (unpaired) electrons. The number of benzene rings is 2. The highest BCUT2D eigenvalue weighted by atomic mass is 16.5. The summed E-state index contributed by atoms with van der Waals surface area (Å²) in [6, 6.07) is 17.3. The Hall–Kier alpha value is -4.33. The first kappa shape index (κ1) is 20.9. The first-order valence-electron chi connectivity index (χ1n) is 9.85. The highest BCUT2D eigenvalue weighted by molar-refractivity contribution is 5.96. The monoisotopic (exact) mass is 432 g/mol. The number of nitrogens with one attached hydrogen (secondary N) is 1. The Morgan fingerprint density at radius 3 is 2.59 bits per heavy atom. The minimum absolute atomic E-state index is 0.136. The van der Waals surface area contributed by atoms with Crippen LogP contribution in [0.3, 0.4) is 0 Å². The van der Waals surface area contributed by atoms with E-state index in [1.165, 1.54) is 13.3 Å². The molecule has 2 aromatic heterocycles. The highest BCUT2D eigenvalue weighted by Gasteiger charge is 2.12. The minimum atomic E-state index is -0.486. The molecular formula is C24H20N2O6. The SMILES string of the molecule is CCOc1ccc2oc(C(=O)N/N=C/c3ccc(-c4ccc(C(=O)OC)cc4)o3)cc2c1. The zero-order valence-electron chi connectivity index (χ0n) is 17.5. The minimum Gasteiger partial charge on any atom is -0.494 e. The van der Waals surface area contributed by atoms with E-state index in [0.29, 0.717) is 35.0 Å². The molecule has 0 bridgehead atoms. The fraction of sp³-hybridized carbons (Fsp3) is 0.125. The van der Waals surface area contributed by atoms with Crippen molar-refractivity contribution in [2.45, 2.75) is 6.92 Å². The predicted octanol–water partition coefficient (Wildman–Crippen LogP) is 4.64. The topological polar surface area (TPSA) is 103 Å². The van der Waals surface area contributed by atoms with E-state index in [1.54, 1.807) is 54.6 Å². The lowest BCUT2D eigenvalue weighted by Crippen LogP contribution is -2.16. The van der Waals surface area contributed by atoms with Crippen molar-refractivity contribution in [3.05, 3.63) is 77.7 Å². The van der Waals surface area contributed by atoms with Crippen LogP contribution in [0.25, 0.3) is 22.3 Å². The van der Waals surface area contributed by atoms with Gasteiger partial charge in [-0.3, -0.25) is 4.79 Å². The largest absolute Gasteiger partial charge is 0.494 e. The van der Waals surface area contributed by atoms with Crippen LogP contribution in [0.5, 0.6) is 5.75 Å². The van der Waals surface area contributed by atoms with E-state index in [1.807, 2.05) is 13.0 Å². The molecular weight excluding hydrogens is 412 g/mol. The molecule has 0 spiro atoms. The Kier molecular flexibility index (Phi) is 6.03. The van der Waals surface area contributed by atoms with Gasteiger partial charge in [0.25, 0.3) is 0 Å². The van der Waals surface area contributed by atoms with Gasteiger partial charge in [0.2, 0.25) is 0 Å². The summed E-state index contributed by atoms with van der Waals surface area (Å²) in [6.45, 7) is 2.46. The smallest absolute Gasteiger partial charge is 0.337 e. The van der Waals surface area contributed by atoms with Crippen LogP contribution in [0.1, 0.15) is 33.6 Å². The van der Waals surface area contributed by atoms with Gasteiger partial charge in [0, 0.05) is 10.9 Å². The van der Waals surface area contributed by atoms with E-state index < -0.39 is 11.9 Å². The van der Waals surface area contributed by atoms with Gasteiger partial charge in [0.05, 0.1) is 25.5 Å². The van der Waals surface area contributed by atoms with E-state index in [2.05, 4.69) is 15.3 Å². The molecule has 0 unspecified atom stereocenters. The molecule has 0 saturated heterocycles. The van der Waals surface area contributed by atoms with E-state index in [-0.39, 0.29) is 5.76 Å². The number of hydrogen-bond acceptors (Lipinski definition) is 7. The zero-order chi connectivity index (χ0) is 22.5. The lowest BCUT2D eigenvalue weighted by molar-refractivity contribution is 0.0600. The van der Waals surface area contributed by atoms with Crippen LogP contribution in [-0.2, 0) is 4.74 Å². The molecule has 4 aromatic rings. The Labute approximate surface area is 183 Å². The molecule has 2 heterocycles. The average molecular weight is 432 g/mol. The standard InChI is InChI=1S/C24H20N2O6/c1-3-30-18-8-10-21-17(12-18)13-22(32-21)23(27)26-25-14-19-9-11-20(31-19)15-4-6-16(7-5-15)24(28)29-2/h4-14H,3H2,1-2H3,(H,26,27)/b25-14+. The van der Waals surface area contributed by atoms with Gasteiger partial charge in [-0.25, -0.2) is 10.2 Å². The van der Waals surface area contributed by atoms with Gasteiger partial charge in [-0.05, 0) is 55.5 Å². The lowest BCUT2D eigenvalue weighted by atomic mass is 10.1. The zero-order valence-corrected chi connectivity index (χ0v) is 17.5. The van der Waals surface area contributed by atoms with Gasteiger partial charge in [0.15, 0.2) is 5.76 Å². The van der Waals surface area contributed by atoms with Crippen LogP contribution in [0, 0.1) is 0 Å². The highest BCUT2D eigenvalue weighted by Crippen LogP contribution is 2.25. The van der Waals surface area contributed by atoms with Crippen molar-refractivity contribution in [2.75, 3.05) is 13.7 Å².